The fourth-order valence-corrected chi connectivity index (χ4v) is 2.64. The second-order valence-electron chi connectivity index (χ2n) is 4.06. The molecule has 0 saturated carbocycles. The van der Waals surface area contributed by atoms with Crippen LogP contribution in [0.5, 0.6) is 0 Å². The second-order valence-corrected chi connectivity index (χ2v) is 5.47. The predicted octanol–water partition coefficient (Wildman–Crippen LogP) is 2.77. The van der Waals surface area contributed by atoms with Gasteiger partial charge in [0.05, 0.1) is 0 Å². The van der Waals surface area contributed by atoms with E-state index in [-0.39, 0.29) is 5.56 Å². The Morgan fingerprint density at radius 1 is 1.24 bits per heavy atom. The summed E-state index contributed by atoms with van der Waals surface area (Å²) in [6.07, 6.45) is 1.69. The van der Waals surface area contributed by atoms with Crippen LogP contribution in [-0.4, -0.2) is 23.1 Å². The predicted molar refractivity (Wildman–Crippen MR) is 80.0 cm³/mol. The van der Waals surface area contributed by atoms with Crippen molar-refractivity contribution in [3.05, 3.63) is 57.2 Å². The van der Waals surface area contributed by atoms with Gasteiger partial charge in [0.1, 0.15) is 6.04 Å². The van der Waals surface area contributed by atoms with Crippen molar-refractivity contribution in [2.45, 2.75) is 6.04 Å². The summed E-state index contributed by atoms with van der Waals surface area (Å²) < 4.78 is 0. The number of benzene rings is 1. The van der Waals surface area contributed by atoms with Crippen molar-refractivity contribution in [1.29, 1.82) is 0 Å². The lowest BCUT2D eigenvalue weighted by molar-refractivity contribution is 0.0784. The van der Waals surface area contributed by atoms with Gasteiger partial charge in [-0.25, -0.2) is 9.69 Å². The van der Waals surface area contributed by atoms with E-state index in [0.29, 0.717) is 14.8 Å². The number of carbonyl (C=O) groups is 2. The molecule has 1 radical (unpaired) electrons. The molecular weight excluding hydrogens is 312 g/mol. The minimum Gasteiger partial charge on any atom is -0.351 e. The van der Waals surface area contributed by atoms with Crippen LogP contribution >= 0.6 is 22.9 Å². The molecule has 0 aliphatic rings. The molecule has 1 aromatic heterocycles. The van der Waals surface area contributed by atoms with Gasteiger partial charge in [0.15, 0.2) is 0 Å². The number of nitrogens with two attached hydrogens (primary N) is 1. The van der Waals surface area contributed by atoms with Crippen molar-refractivity contribution >= 4 is 41.2 Å². The van der Waals surface area contributed by atoms with Crippen LogP contribution in [0.4, 0.5) is 4.79 Å². The van der Waals surface area contributed by atoms with E-state index in [4.69, 9.17) is 17.3 Å². The van der Waals surface area contributed by atoms with Gasteiger partial charge in [-0.15, -0.1) is 11.3 Å². The molecule has 0 fully saturated rings. The highest BCUT2D eigenvalue weighted by molar-refractivity contribution is 7.10. The second kappa shape index (κ2) is 6.51. The van der Waals surface area contributed by atoms with Gasteiger partial charge < -0.3 is 5.73 Å². The minimum atomic E-state index is -1.16. The highest BCUT2D eigenvalue weighted by Gasteiger charge is 2.31. The minimum absolute atomic E-state index is 0.204. The number of primary amides is 1. The van der Waals surface area contributed by atoms with Gasteiger partial charge in [-0.3, -0.25) is 9.59 Å². The van der Waals surface area contributed by atoms with Crippen molar-refractivity contribution < 1.29 is 14.4 Å². The Balaban J connectivity index is 2.38. The normalized spacial score (nSPS) is 11.7. The zero-order chi connectivity index (χ0) is 15.4. The molecule has 0 aliphatic carbocycles. The van der Waals surface area contributed by atoms with E-state index in [1.165, 1.54) is 35.6 Å². The lowest BCUT2D eigenvalue weighted by Crippen LogP contribution is -2.43. The Morgan fingerprint density at radius 2 is 1.90 bits per heavy atom. The maximum absolute atomic E-state index is 12.4. The molecule has 2 N–H and O–H groups in total. The average Bonchev–Trinajstić information content (AvgIpc) is 2.98. The quantitative estimate of drug-likeness (QED) is 0.940. The molecular formula is C14H10ClN2O3S. The van der Waals surface area contributed by atoms with Crippen LogP contribution in [0.2, 0.25) is 5.02 Å². The molecule has 1 aromatic carbocycles. The van der Waals surface area contributed by atoms with Gasteiger partial charge in [0.25, 0.3) is 5.91 Å². The number of hydrogen-bond acceptors (Lipinski definition) is 4. The molecule has 107 valence electrons. The number of hydrogen-bond donors (Lipinski definition) is 1. The van der Waals surface area contributed by atoms with Gasteiger partial charge in [-0.05, 0) is 35.7 Å². The van der Waals surface area contributed by atoms with E-state index >= 15 is 0 Å². The van der Waals surface area contributed by atoms with E-state index < -0.39 is 18.0 Å². The lowest BCUT2D eigenvalue weighted by atomic mass is 10.1. The number of carbonyl (C=O) groups excluding carboxylic acids is 3. The van der Waals surface area contributed by atoms with Crippen LogP contribution in [-0.2, 0) is 4.79 Å². The summed E-state index contributed by atoms with van der Waals surface area (Å²) in [6.45, 7) is 0. The summed E-state index contributed by atoms with van der Waals surface area (Å²) >= 11 is 6.98. The van der Waals surface area contributed by atoms with Crippen molar-refractivity contribution in [1.82, 2.24) is 4.90 Å². The molecule has 0 bridgehead atoms. The SMILES string of the molecule is NC(=O)N(C(=O)c1ccc(Cl)cc1)C([C]=O)c1cccs1. The third kappa shape index (κ3) is 3.29. The van der Waals surface area contributed by atoms with Crippen LogP contribution in [0.15, 0.2) is 41.8 Å². The first kappa shape index (κ1) is 15.2. The van der Waals surface area contributed by atoms with Crippen LogP contribution in [0.3, 0.4) is 0 Å². The van der Waals surface area contributed by atoms with Gasteiger partial charge >= 0.3 is 6.03 Å². The maximum Gasteiger partial charge on any atom is 0.322 e. The number of imide groups is 1. The third-order valence-electron chi connectivity index (χ3n) is 2.73. The Labute approximate surface area is 129 Å². The number of amides is 3. The lowest BCUT2D eigenvalue weighted by Gasteiger charge is -2.23. The molecule has 1 heterocycles. The third-order valence-corrected chi connectivity index (χ3v) is 3.91. The molecule has 7 heteroatoms. The van der Waals surface area contributed by atoms with Crippen LogP contribution in [0.1, 0.15) is 21.3 Å². The summed E-state index contributed by atoms with van der Waals surface area (Å²) in [5, 5.41) is 2.18. The van der Waals surface area contributed by atoms with E-state index in [9.17, 15) is 14.4 Å². The van der Waals surface area contributed by atoms with E-state index in [1.807, 2.05) is 0 Å². The fourth-order valence-electron chi connectivity index (χ4n) is 1.76. The highest BCUT2D eigenvalue weighted by atomic mass is 35.5. The maximum atomic E-state index is 12.4. The number of nitrogens with zero attached hydrogens (tertiary/aromatic N) is 1. The van der Waals surface area contributed by atoms with Crippen LogP contribution in [0.25, 0.3) is 0 Å². The molecule has 21 heavy (non-hydrogen) atoms. The molecule has 0 saturated heterocycles. The first-order chi connectivity index (χ1) is 10.0. The van der Waals surface area contributed by atoms with Crippen LogP contribution < -0.4 is 5.73 Å². The zero-order valence-corrected chi connectivity index (χ0v) is 12.2. The molecule has 2 rings (SSSR count). The molecule has 1 atom stereocenters. The average molecular weight is 322 g/mol. The van der Waals surface area contributed by atoms with E-state index in [0.717, 1.165) is 0 Å². The van der Waals surface area contributed by atoms with Gasteiger partial charge in [0.2, 0.25) is 6.29 Å². The zero-order valence-electron chi connectivity index (χ0n) is 10.7. The van der Waals surface area contributed by atoms with Gasteiger partial charge in [0, 0.05) is 15.5 Å². The molecule has 5 nitrogen and oxygen atoms in total. The van der Waals surface area contributed by atoms with Crippen molar-refractivity contribution in [3.63, 3.8) is 0 Å². The topological polar surface area (TPSA) is 80.5 Å². The Kier molecular flexibility index (Phi) is 4.72. The van der Waals surface area contributed by atoms with Crippen LogP contribution in [0, 0.1) is 0 Å². The van der Waals surface area contributed by atoms with Crippen molar-refractivity contribution in [2.24, 2.45) is 5.73 Å². The standard InChI is InChI=1S/C14H10ClN2O3S/c15-10-5-3-9(4-6-10)13(19)17(14(16)20)11(8-18)12-2-1-7-21-12/h1-7,11H,(H2,16,20). The summed E-state index contributed by atoms with van der Waals surface area (Å²) in [6, 6.07) is 7.09. The van der Waals surface area contributed by atoms with Gasteiger partial charge in [-0.1, -0.05) is 17.7 Å². The number of urea groups is 1. The first-order valence-electron chi connectivity index (χ1n) is 5.84. The Morgan fingerprint density at radius 3 is 2.38 bits per heavy atom. The van der Waals surface area contributed by atoms with E-state index in [2.05, 4.69) is 0 Å². The Hall–Kier alpha value is -2.18. The largest absolute Gasteiger partial charge is 0.351 e. The molecule has 3 amide bonds. The monoisotopic (exact) mass is 321 g/mol. The summed E-state index contributed by atoms with van der Waals surface area (Å²) in [7, 11) is 0. The summed E-state index contributed by atoms with van der Waals surface area (Å²) in [5.74, 6) is -0.680. The molecule has 0 aliphatic heterocycles. The smallest absolute Gasteiger partial charge is 0.322 e. The molecule has 0 spiro atoms. The van der Waals surface area contributed by atoms with Crippen molar-refractivity contribution in [3.8, 4) is 0 Å². The molecule has 1 unspecified atom stereocenters. The summed E-state index contributed by atoms with van der Waals surface area (Å²) in [4.78, 5) is 36.4. The number of halogens is 1. The number of rotatable bonds is 4. The highest BCUT2D eigenvalue weighted by Crippen LogP contribution is 2.25. The fraction of sp³-hybridized carbons (Fsp3) is 0.0714. The molecule has 2 aromatic rings. The first-order valence-corrected chi connectivity index (χ1v) is 7.10. The van der Waals surface area contributed by atoms with Crippen molar-refractivity contribution in [2.75, 3.05) is 0 Å². The van der Waals surface area contributed by atoms with E-state index in [1.54, 1.807) is 23.8 Å². The summed E-state index contributed by atoms with van der Waals surface area (Å²) in [5.41, 5.74) is 5.46. The number of thiophene rings is 1. The van der Waals surface area contributed by atoms with Gasteiger partial charge in [-0.2, -0.15) is 0 Å². The Bertz CT molecular complexity index is 655.